The largest absolute Gasteiger partial charge is 0.454 e. The maximum Gasteiger partial charge on any atom is 0.232 e. The molecule has 0 bridgehead atoms. The molecule has 0 radical (unpaired) electrons. The third-order valence-corrected chi connectivity index (χ3v) is 5.08. The number of fused-ring (bicyclic) bond motifs is 1. The lowest BCUT2D eigenvalue weighted by atomic mass is 10.1. The summed E-state index contributed by atoms with van der Waals surface area (Å²) in [5, 5.41) is 4.04. The number of ether oxygens (including phenoxy) is 2. The Bertz CT molecular complexity index is 1080. The molecule has 1 aromatic heterocycles. The predicted molar refractivity (Wildman–Crippen MR) is 96.7 cm³/mol. The molecule has 2 aromatic carbocycles. The lowest BCUT2D eigenvalue weighted by molar-refractivity contribution is -0.117. The number of carbonyl (C=O) groups is 1. The van der Waals surface area contributed by atoms with Crippen molar-refractivity contribution in [3.05, 3.63) is 53.7 Å². The van der Waals surface area contributed by atoms with Crippen molar-refractivity contribution in [2.24, 2.45) is 0 Å². The minimum absolute atomic E-state index is 0.0958. The fraction of sp³-hybridized carbons (Fsp3) is 0.250. The monoisotopic (exact) mass is 381 g/mol. The summed E-state index contributed by atoms with van der Waals surface area (Å²) in [5.41, 5.74) is 1.76. The van der Waals surface area contributed by atoms with Crippen molar-refractivity contribution in [1.29, 1.82) is 0 Å². The summed E-state index contributed by atoms with van der Waals surface area (Å²) < 4.78 is 30.0. The van der Waals surface area contributed by atoms with Crippen LogP contribution in [0, 0.1) is 12.7 Å². The minimum Gasteiger partial charge on any atom is -0.454 e. The Balaban J connectivity index is 1.39. The number of hydrogen-bond acceptors (Lipinski definition) is 6. The molecule has 7 nitrogen and oxygen atoms in total. The average Bonchev–Trinajstić information content (AvgIpc) is 3.42. The van der Waals surface area contributed by atoms with E-state index in [0.29, 0.717) is 41.0 Å². The van der Waals surface area contributed by atoms with Crippen LogP contribution in [0.25, 0.3) is 11.4 Å². The molecule has 1 saturated heterocycles. The first-order valence-corrected chi connectivity index (χ1v) is 8.89. The molecule has 3 heterocycles. The van der Waals surface area contributed by atoms with Gasteiger partial charge in [0.2, 0.25) is 24.4 Å². The number of benzene rings is 2. The fourth-order valence-electron chi connectivity index (χ4n) is 3.55. The Morgan fingerprint density at radius 3 is 2.93 bits per heavy atom. The first-order valence-electron chi connectivity index (χ1n) is 8.89. The summed E-state index contributed by atoms with van der Waals surface area (Å²) in [6.07, 6.45) is 0.235. The van der Waals surface area contributed by atoms with Crippen molar-refractivity contribution >= 4 is 11.6 Å². The molecule has 0 aliphatic carbocycles. The fourth-order valence-corrected chi connectivity index (χ4v) is 3.55. The average molecular weight is 381 g/mol. The molecule has 1 unspecified atom stereocenters. The molecule has 0 spiro atoms. The van der Waals surface area contributed by atoms with Gasteiger partial charge in [-0.1, -0.05) is 11.2 Å². The second kappa shape index (κ2) is 6.33. The Labute approximate surface area is 159 Å². The maximum atomic E-state index is 13.9. The Morgan fingerprint density at radius 1 is 1.18 bits per heavy atom. The van der Waals surface area contributed by atoms with Gasteiger partial charge in [0, 0.05) is 29.8 Å². The molecule has 1 fully saturated rings. The Morgan fingerprint density at radius 2 is 2.04 bits per heavy atom. The predicted octanol–water partition coefficient (Wildman–Crippen LogP) is 3.43. The van der Waals surface area contributed by atoms with Crippen LogP contribution in [0.3, 0.4) is 0 Å². The van der Waals surface area contributed by atoms with Gasteiger partial charge in [0.1, 0.15) is 5.82 Å². The molecule has 3 aromatic rings. The van der Waals surface area contributed by atoms with E-state index in [0.717, 1.165) is 5.56 Å². The highest BCUT2D eigenvalue weighted by molar-refractivity contribution is 5.97. The van der Waals surface area contributed by atoms with Crippen molar-refractivity contribution in [2.75, 3.05) is 18.2 Å². The van der Waals surface area contributed by atoms with Gasteiger partial charge in [0.05, 0.1) is 5.92 Å². The van der Waals surface area contributed by atoms with Crippen molar-refractivity contribution in [2.45, 2.75) is 19.3 Å². The van der Waals surface area contributed by atoms with Crippen molar-refractivity contribution in [3.63, 3.8) is 0 Å². The van der Waals surface area contributed by atoms with Crippen LogP contribution in [-0.2, 0) is 4.79 Å². The van der Waals surface area contributed by atoms with Gasteiger partial charge < -0.3 is 18.9 Å². The molecule has 8 heteroatoms. The number of anilines is 1. The Kier molecular flexibility index (Phi) is 3.78. The molecule has 28 heavy (non-hydrogen) atoms. The van der Waals surface area contributed by atoms with Crippen molar-refractivity contribution < 1.29 is 23.2 Å². The van der Waals surface area contributed by atoms with Gasteiger partial charge in [-0.3, -0.25) is 4.79 Å². The molecular formula is C20H16FN3O4. The lowest BCUT2D eigenvalue weighted by Crippen LogP contribution is -2.25. The van der Waals surface area contributed by atoms with E-state index in [-0.39, 0.29) is 30.9 Å². The zero-order valence-corrected chi connectivity index (χ0v) is 15.0. The maximum absolute atomic E-state index is 13.9. The second-order valence-electron chi connectivity index (χ2n) is 6.81. The molecule has 1 atom stereocenters. The third kappa shape index (κ3) is 2.69. The third-order valence-electron chi connectivity index (χ3n) is 5.08. The highest BCUT2D eigenvalue weighted by Crippen LogP contribution is 2.37. The van der Waals surface area contributed by atoms with E-state index in [1.165, 1.54) is 6.07 Å². The minimum atomic E-state index is -0.336. The smallest absolute Gasteiger partial charge is 0.232 e. The first kappa shape index (κ1) is 16.7. The van der Waals surface area contributed by atoms with Gasteiger partial charge >= 0.3 is 0 Å². The van der Waals surface area contributed by atoms with Crippen LogP contribution in [0.2, 0.25) is 0 Å². The number of carbonyl (C=O) groups excluding carboxylic acids is 1. The van der Waals surface area contributed by atoms with Gasteiger partial charge in [0.15, 0.2) is 11.5 Å². The number of halogens is 1. The summed E-state index contributed by atoms with van der Waals surface area (Å²) in [6.45, 7) is 2.22. The van der Waals surface area contributed by atoms with Gasteiger partial charge in [0.25, 0.3) is 0 Å². The van der Waals surface area contributed by atoms with E-state index in [1.807, 2.05) is 6.07 Å². The first-order chi connectivity index (χ1) is 13.6. The SMILES string of the molecule is Cc1c(F)cccc1N1CC(c2nc(-c3ccc4c(c3)OCO4)no2)CC1=O. The van der Waals surface area contributed by atoms with Crippen LogP contribution in [0.5, 0.6) is 11.5 Å². The normalized spacial score (nSPS) is 18.1. The van der Waals surface area contributed by atoms with E-state index in [1.54, 1.807) is 36.1 Å². The van der Waals surface area contributed by atoms with Gasteiger partial charge in [-0.2, -0.15) is 4.98 Å². The van der Waals surface area contributed by atoms with E-state index >= 15 is 0 Å². The summed E-state index contributed by atoms with van der Waals surface area (Å²) >= 11 is 0. The van der Waals surface area contributed by atoms with Crippen LogP contribution in [0.15, 0.2) is 40.9 Å². The standard InChI is InChI=1S/C20H16FN3O4/c1-11-14(21)3-2-4-15(11)24-9-13(8-18(24)25)20-22-19(23-28-20)12-5-6-16-17(7-12)27-10-26-16/h2-7,13H,8-10H2,1H3. The van der Waals surface area contributed by atoms with Crippen molar-refractivity contribution in [3.8, 4) is 22.9 Å². The van der Waals surface area contributed by atoms with Crippen LogP contribution < -0.4 is 14.4 Å². The summed E-state index contributed by atoms with van der Waals surface area (Å²) in [4.78, 5) is 18.6. The highest BCUT2D eigenvalue weighted by Gasteiger charge is 2.36. The molecule has 2 aliphatic rings. The quantitative estimate of drug-likeness (QED) is 0.692. The van der Waals surface area contributed by atoms with E-state index in [9.17, 15) is 9.18 Å². The number of amides is 1. The van der Waals surface area contributed by atoms with Crippen LogP contribution in [0.4, 0.5) is 10.1 Å². The van der Waals surface area contributed by atoms with Crippen molar-refractivity contribution in [1.82, 2.24) is 10.1 Å². The topological polar surface area (TPSA) is 77.7 Å². The Hall–Kier alpha value is -3.42. The van der Waals surface area contributed by atoms with Crippen LogP contribution in [-0.4, -0.2) is 29.4 Å². The zero-order valence-electron chi connectivity index (χ0n) is 15.0. The van der Waals surface area contributed by atoms with E-state index in [2.05, 4.69) is 10.1 Å². The van der Waals surface area contributed by atoms with Crippen LogP contribution in [0.1, 0.15) is 23.8 Å². The molecule has 142 valence electrons. The molecular weight excluding hydrogens is 365 g/mol. The molecule has 2 aliphatic heterocycles. The number of aromatic nitrogens is 2. The van der Waals surface area contributed by atoms with Gasteiger partial charge in [-0.25, -0.2) is 4.39 Å². The summed E-state index contributed by atoms with van der Waals surface area (Å²) in [5.74, 6) is 1.44. The molecule has 5 rings (SSSR count). The second-order valence-corrected chi connectivity index (χ2v) is 6.81. The number of nitrogens with zero attached hydrogens (tertiary/aromatic N) is 3. The highest BCUT2D eigenvalue weighted by atomic mass is 19.1. The summed E-state index contributed by atoms with van der Waals surface area (Å²) in [7, 11) is 0. The van der Waals surface area contributed by atoms with Gasteiger partial charge in [-0.15, -0.1) is 0 Å². The summed E-state index contributed by atoms with van der Waals surface area (Å²) in [6, 6.07) is 10.1. The molecule has 0 saturated carbocycles. The zero-order chi connectivity index (χ0) is 19.3. The van der Waals surface area contributed by atoms with Crippen LogP contribution >= 0.6 is 0 Å². The van der Waals surface area contributed by atoms with E-state index in [4.69, 9.17) is 14.0 Å². The lowest BCUT2D eigenvalue weighted by Gasteiger charge is -2.18. The molecule has 0 N–H and O–H groups in total. The molecule has 1 amide bonds. The number of hydrogen-bond donors (Lipinski definition) is 0. The number of rotatable bonds is 3. The van der Waals surface area contributed by atoms with Gasteiger partial charge in [-0.05, 0) is 37.3 Å². The van der Waals surface area contributed by atoms with E-state index < -0.39 is 0 Å².